The molecule has 2 aromatic carbocycles. The van der Waals surface area contributed by atoms with Crippen molar-refractivity contribution in [1.82, 2.24) is 9.21 Å². The van der Waals surface area contributed by atoms with Crippen molar-refractivity contribution in [2.45, 2.75) is 18.4 Å². The van der Waals surface area contributed by atoms with Gasteiger partial charge in [0.1, 0.15) is 5.58 Å². The van der Waals surface area contributed by atoms with E-state index in [1.807, 2.05) is 13.0 Å². The van der Waals surface area contributed by atoms with Gasteiger partial charge in [-0.3, -0.25) is 4.90 Å². The molecular formula is C21H20Cl2N2O4S. The number of sulfonamides is 1. The molecule has 1 aromatic heterocycles. The minimum atomic E-state index is -3.56. The number of hydrogen-bond acceptors (Lipinski definition) is 5. The maximum atomic E-state index is 12.8. The standard InChI is InChI=1S/C21H20Cl2N2O4S/c1-14-10-20-18(12-19(14)23)15(11-21(26)29-20)13-24-6-8-25(9-7-24)30(27,28)17-4-2-16(22)3-5-17/h2-5,10-12H,6-9,13H2,1H3. The van der Waals surface area contributed by atoms with Crippen LogP contribution in [0.1, 0.15) is 11.1 Å². The van der Waals surface area contributed by atoms with Crippen LogP contribution in [0.15, 0.2) is 56.6 Å². The molecule has 9 heteroatoms. The molecule has 0 unspecified atom stereocenters. The van der Waals surface area contributed by atoms with Crippen molar-refractivity contribution in [2.24, 2.45) is 0 Å². The van der Waals surface area contributed by atoms with Gasteiger partial charge in [0.25, 0.3) is 0 Å². The van der Waals surface area contributed by atoms with Gasteiger partial charge in [0.15, 0.2) is 0 Å². The normalized spacial score (nSPS) is 16.2. The highest BCUT2D eigenvalue weighted by Crippen LogP contribution is 2.26. The number of hydrogen-bond donors (Lipinski definition) is 0. The van der Waals surface area contributed by atoms with Crippen LogP contribution >= 0.6 is 23.2 Å². The molecule has 1 fully saturated rings. The summed E-state index contributed by atoms with van der Waals surface area (Å²) < 4.78 is 32.5. The van der Waals surface area contributed by atoms with E-state index in [4.69, 9.17) is 27.6 Å². The van der Waals surface area contributed by atoms with Crippen LogP contribution in [0.5, 0.6) is 0 Å². The lowest BCUT2D eigenvalue weighted by molar-refractivity contribution is 0.182. The third kappa shape index (κ3) is 4.26. The predicted molar refractivity (Wildman–Crippen MR) is 118 cm³/mol. The van der Waals surface area contributed by atoms with E-state index in [2.05, 4.69) is 4.90 Å². The van der Waals surface area contributed by atoms with Crippen LogP contribution < -0.4 is 5.63 Å². The van der Waals surface area contributed by atoms with Gasteiger partial charge >= 0.3 is 5.63 Å². The molecule has 2 heterocycles. The summed E-state index contributed by atoms with van der Waals surface area (Å²) in [4.78, 5) is 14.3. The summed E-state index contributed by atoms with van der Waals surface area (Å²) in [7, 11) is -3.56. The van der Waals surface area contributed by atoms with E-state index in [1.54, 1.807) is 18.2 Å². The van der Waals surface area contributed by atoms with Crippen molar-refractivity contribution >= 4 is 44.2 Å². The van der Waals surface area contributed by atoms with Gasteiger partial charge in [0.05, 0.1) is 4.90 Å². The summed E-state index contributed by atoms with van der Waals surface area (Å²) in [6.07, 6.45) is 0. The molecule has 0 bridgehead atoms. The zero-order valence-corrected chi connectivity index (χ0v) is 18.6. The maximum Gasteiger partial charge on any atom is 0.336 e. The van der Waals surface area contributed by atoms with Crippen molar-refractivity contribution in [3.8, 4) is 0 Å². The van der Waals surface area contributed by atoms with Crippen molar-refractivity contribution in [3.63, 3.8) is 0 Å². The fourth-order valence-electron chi connectivity index (χ4n) is 3.60. The highest BCUT2D eigenvalue weighted by Gasteiger charge is 2.28. The first kappa shape index (κ1) is 21.3. The molecule has 3 aromatic rings. The van der Waals surface area contributed by atoms with Crippen LogP contribution in [0.25, 0.3) is 11.0 Å². The number of fused-ring (bicyclic) bond motifs is 1. The highest BCUT2D eigenvalue weighted by atomic mass is 35.5. The van der Waals surface area contributed by atoms with E-state index in [-0.39, 0.29) is 4.90 Å². The minimum absolute atomic E-state index is 0.233. The number of halogens is 2. The summed E-state index contributed by atoms with van der Waals surface area (Å²) in [5.41, 5.74) is 1.74. The van der Waals surface area contributed by atoms with Gasteiger partial charge in [-0.05, 0) is 54.4 Å². The molecule has 30 heavy (non-hydrogen) atoms. The van der Waals surface area contributed by atoms with Crippen molar-refractivity contribution in [1.29, 1.82) is 0 Å². The molecule has 0 saturated carbocycles. The fraction of sp³-hybridized carbons (Fsp3) is 0.286. The number of benzene rings is 2. The Hall–Kier alpha value is -1.90. The van der Waals surface area contributed by atoms with E-state index in [0.717, 1.165) is 16.5 Å². The molecule has 0 radical (unpaired) electrons. The third-order valence-corrected chi connectivity index (χ3v) is 7.86. The van der Waals surface area contributed by atoms with Gasteiger partial charge in [0, 0.05) is 54.2 Å². The van der Waals surface area contributed by atoms with E-state index >= 15 is 0 Å². The SMILES string of the molecule is Cc1cc2oc(=O)cc(CN3CCN(S(=O)(=O)c4ccc(Cl)cc4)CC3)c2cc1Cl. The maximum absolute atomic E-state index is 12.8. The highest BCUT2D eigenvalue weighted by molar-refractivity contribution is 7.89. The monoisotopic (exact) mass is 466 g/mol. The second kappa shape index (κ2) is 8.32. The van der Waals surface area contributed by atoms with Gasteiger partial charge < -0.3 is 4.42 Å². The Morgan fingerprint density at radius 1 is 1.00 bits per heavy atom. The van der Waals surface area contributed by atoms with Crippen LogP contribution in [-0.2, 0) is 16.6 Å². The zero-order valence-electron chi connectivity index (χ0n) is 16.3. The summed E-state index contributed by atoms with van der Waals surface area (Å²) in [6.45, 7) is 4.20. The van der Waals surface area contributed by atoms with Gasteiger partial charge in [0.2, 0.25) is 10.0 Å². The Morgan fingerprint density at radius 2 is 1.67 bits per heavy atom. The average Bonchev–Trinajstić information content (AvgIpc) is 2.70. The number of nitrogens with zero attached hydrogens (tertiary/aromatic N) is 2. The van der Waals surface area contributed by atoms with Gasteiger partial charge in [-0.15, -0.1) is 0 Å². The molecule has 1 aliphatic rings. The molecule has 0 amide bonds. The summed E-state index contributed by atoms with van der Waals surface area (Å²) in [5.74, 6) is 0. The predicted octanol–water partition coefficient (Wildman–Crippen LogP) is 3.91. The first-order chi connectivity index (χ1) is 14.2. The number of rotatable bonds is 4. The molecule has 0 N–H and O–H groups in total. The number of piperazine rings is 1. The van der Waals surface area contributed by atoms with Crippen LogP contribution in [0, 0.1) is 6.92 Å². The van der Waals surface area contributed by atoms with E-state index < -0.39 is 15.6 Å². The Kier molecular flexibility index (Phi) is 5.92. The van der Waals surface area contributed by atoms with E-state index in [1.165, 1.54) is 22.5 Å². The summed E-state index contributed by atoms with van der Waals surface area (Å²) in [6, 6.07) is 11.2. The van der Waals surface area contributed by atoms with Crippen LogP contribution in [0.3, 0.4) is 0 Å². The first-order valence-electron chi connectivity index (χ1n) is 9.45. The molecule has 1 aliphatic heterocycles. The number of aryl methyl sites for hydroxylation is 1. The lowest BCUT2D eigenvalue weighted by atomic mass is 10.1. The fourth-order valence-corrected chi connectivity index (χ4v) is 5.32. The molecule has 1 saturated heterocycles. The molecule has 0 aliphatic carbocycles. The van der Waals surface area contributed by atoms with Gasteiger partial charge in [-0.2, -0.15) is 4.31 Å². The van der Waals surface area contributed by atoms with Crippen molar-refractivity contribution < 1.29 is 12.8 Å². The molecule has 4 rings (SSSR count). The second-order valence-electron chi connectivity index (χ2n) is 7.32. The van der Waals surface area contributed by atoms with Crippen LogP contribution in [0.4, 0.5) is 0 Å². The van der Waals surface area contributed by atoms with E-state index in [9.17, 15) is 13.2 Å². The lowest BCUT2D eigenvalue weighted by Gasteiger charge is -2.34. The Morgan fingerprint density at radius 3 is 2.33 bits per heavy atom. The molecule has 0 atom stereocenters. The van der Waals surface area contributed by atoms with Crippen molar-refractivity contribution in [3.05, 3.63) is 74.1 Å². The van der Waals surface area contributed by atoms with Gasteiger partial charge in [-0.25, -0.2) is 13.2 Å². The lowest BCUT2D eigenvalue weighted by Crippen LogP contribution is -2.48. The van der Waals surface area contributed by atoms with Crippen molar-refractivity contribution in [2.75, 3.05) is 26.2 Å². The third-order valence-electron chi connectivity index (χ3n) is 5.29. The van der Waals surface area contributed by atoms with Crippen LogP contribution in [-0.4, -0.2) is 43.8 Å². The quantitative estimate of drug-likeness (QED) is 0.545. The van der Waals surface area contributed by atoms with E-state index in [0.29, 0.717) is 48.4 Å². The topological polar surface area (TPSA) is 70.8 Å². The average molecular weight is 467 g/mol. The summed E-state index contributed by atoms with van der Waals surface area (Å²) in [5, 5.41) is 1.89. The molecule has 158 valence electrons. The Bertz CT molecular complexity index is 1250. The molecule has 0 spiro atoms. The second-order valence-corrected chi connectivity index (χ2v) is 10.1. The molecular weight excluding hydrogens is 447 g/mol. The van der Waals surface area contributed by atoms with Crippen LogP contribution in [0.2, 0.25) is 10.0 Å². The zero-order chi connectivity index (χ0) is 21.5. The molecule has 6 nitrogen and oxygen atoms in total. The largest absolute Gasteiger partial charge is 0.423 e. The Balaban J connectivity index is 1.51. The summed E-state index contributed by atoms with van der Waals surface area (Å²) >= 11 is 12.1. The first-order valence-corrected chi connectivity index (χ1v) is 11.6. The van der Waals surface area contributed by atoms with Gasteiger partial charge in [-0.1, -0.05) is 23.2 Å². The Labute approximate surface area is 184 Å². The smallest absolute Gasteiger partial charge is 0.336 e. The minimum Gasteiger partial charge on any atom is -0.423 e.